The van der Waals surface area contributed by atoms with E-state index in [9.17, 15) is 14.0 Å². The van der Waals surface area contributed by atoms with Crippen LogP contribution in [0.2, 0.25) is 0 Å². The van der Waals surface area contributed by atoms with E-state index in [1.54, 1.807) is 23.2 Å². The summed E-state index contributed by atoms with van der Waals surface area (Å²) in [6.45, 7) is 1.06. The van der Waals surface area contributed by atoms with Crippen molar-refractivity contribution in [2.75, 3.05) is 13.1 Å². The normalized spacial score (nSPS) is 17.7. The Hall–Kier alpha value is -2.95. The molecule has 1 atom stereocenters. The first-order chi connectivity index (χ1) is 13.1. The zero-order valence-electron chi connectivity index (χ0n) is 15.0. The zero-order valence-corrected chi connectivity index (χ0v) is 15.0. The highest BCUT2D eigenvalue weighted by atomic mass is 19.1. The monoisotopic (exact) mass is 364 g/mol. The van der Waals surface area contributed by atoms with Crippen LogP contribution in [-0.2, 0) is 4.79 Å². The van der Waals surface area contributed by atoms with Crippen LogP contribution in [0.4, 0.5) is 4.39 Å². The number of nitrogens with one attached hydrogen (secondary N) is 1. The van der Waals surface area contributed by atoms with Gasteiger partial charge in [0.25, 0.3) is 11.7 Å². The van der Waals surface area contributed by atoms with Crippen LogP contribution in [0.5, 0.6) is 0 Å². The number of carbonyl (C=O) groups excluding carboxylic acids is 2. The molecule has 1 aliphatic heterocycles. The minimum Gasteiger partial charge on any atom is -0.360 e. The van der Waals surface area contributed by atoms with Crippen molar-refractivity contribution in [3.8, 4) is 0 Å². The van der Waals surface area contributed by atoms with Gasteiger partial charge in [0.05, 0.1) is 5.56 Å². The van der Waals surface area contributed by atoms with Crippen molar-refractivity contribution >= 4 is 22.6 Å². The molecule has 5 heteroatoms. The Kier molecular flexibility index (Phi) is 4.75. The number of aromatic amines is 1. The number of Topliss-reactive ketones (excluding diaryl/α,β-unsaturated/α-hetero) is 1. The molecule has 2 heterocycles. The predicted molar refractivity (Wildman–Crippen MR) is 102 cm³/mol. The summed E-state index contributed by atoms with van der Waals surface area (Å²) in [6, 6.07) is 13.9. The Morgan fingerprint density at radius 3 is 2.63 bits per heavy atom. The molecule has 1 fully saturated rings. The molecule has 3 aromatic rings. The first-order valence-electron chi connectivity index (χ1n) is 9.28. The summed E-state index contributed by atoms with van der Waals surface area (Å²) in [5.74, 6) is -1.09. The molecule has 0 saturated carbocycles. The summed E-state index contributed by atoms with van der Waals surface area (Å²) >= 11 is 0. The van der Waals surface area contributed by atoms with Gasteiger partial charge in [0.15, 0.2) is 0 Å². The molecule has 0 radical (unpaired) electrons. The number of hydrogen-bond acceptors (Lipinski definition) is 2. The summed E-state index contributed by atoms with van der Waals surface area (Å²) in [7, 11) is 0. The van der Waals surface area contributed by atoms with Gasteiger partial charge in [0, 0.05) is 36.1 Å². The zero-order chi connectivity index (χ0) is 18.8. The van der Waals surface area contributed by atoms with Crippen molar-refractivity contribution in [3.63, 3.8) is 0 Å². The number of halogens is 1. The number of fused-ring (bicyclic) bond motifs is 1. The van der Waals surface area contributed by atoms with E-state index < -0.39 is 11.7 Å². The van der Waals surface area contributed by atoms with Gasteiger partial charge in [-0.1, -0.05) is 36.8 Å². The van der Waals surface area contributed by atoms with Gasteiger partial charge in [-0.15, -0.1) is 0 Å². The number of aromatic nitrogens is 1. The Morgan fingerprint density at radius 1 is 1.04 bits per heavy atom. The van der Waals surface area contributed by atoms with Crippen LogP contribution in [0.15, 0.2) is 54.7 Å². The molecule has 138 valence electrons. The van der Waals surface area contributed by atoms with Gasteiger partial charge in [-0.3, -0.25) is 9.59 Å². The minimum atomic E-state index is -0.479. The third kappa shape index (κ3) is 3.50. The van der Waals surface area contributed by atoms with Crippen LogP contribution >= 0.6 is 0 Å². The van der Waals surface area contributed by atoms with Crippen LogP contribution in [0.3, 0.4) is 0 Å². The molecule has 27 heavy (non-hydrogen) atoms. The molecule has 1 N–H and O–H groups in total. The second kappa shape index (κ2) is 7.35. The Morgan fingerprint density at radius 2 is 1.81 bits per heavy atom. The lowest BCUT2D eigenvalue weighted by molar-refractivity contribution is -0.126. The number of rotatable bonds is 3. The van der Waals surface area contributed by atoms with E-state index in [1.165, 1.54) is 12.1 Å². The fourth-order valence-corrected chi connectivity index (χ4v) is 3.85. The molecule has 4 nitrogen and oxygen atoms in total. The molecule has 1 saturated heterocycles. The van der Waals surface area contributed by atoms with E-state index >= 15 is 0 Å². The van der Waals surface area contributed by atoms with Crippen molar-refractivity contribution in [2.24, 2.45) is 0 Å². The standard InChI is InChI=1S/C22H21FN2O2/c23-17-10-8-15(9-11-17)16-5-3-4-12-25(14-16)22(27)21(26)19-13-24-20-7-2-1-6-18(19)20/h1-2,6-11,13,16,24H,3-5,12,14H2/t16-/m1/s1. The number of para-hydroxylation sites is 1. The summed E-state index contributed by atoms with van der Waals surface area (Å²) in [5, 5.41) is 0.765. The van der Waals surface area contributed by atoms with Gasteiger partial charge < -0.3 is 9.88 Å². The topological polar surface area (TPSA) is 53.2 Å². The Labute approximate surface area is 157 Å². The second-order valence-corrected chi connectivity index (χ2v) is 7.07. The minimum absolute atomic E-state index is 0.118. The third-order valence-corrected chi connectivity index (χ3v) is 5.33. The number of amides is 1. The quantitative estimate of drug-likeness (QED) is 0.557. The number of benzene rings is 2. The van der Waals surface area contributed by atoms with Gasteiger partial charge in [-0.2, -0.15) is 0 Å². The van der Waals surface area contributed by atoms with Crippen molar-refractivity contribution in [1.29, 1.82) is 0 Å². The van der Waals surface area contributed by atoms with Crippen LogP contribution < -0.4 is 0 Å². The lowest BCUT2D eigenvalue weighted by Crippen LogP contribution is -2.38. The van der Waals surface area contributed by atoms with Crippen LogP contribution in [0.1, 0.15) is 41.1 Å². The second-order valence-electron chi connectivity index (χ2n) is 7.07. The van der Waals surface area contributed by atoms with Crippen molar-refractivity contribution < 1.29 is 14.0 Å². The maximum Gasteiger partial charge on any atom is 0.295 e. The number of likely N-dealkylation sites (tertiary alicyclic amines) is 1. The third-order valence-electron chi connectivity index (χ3n) is 5.33. The number of ketones is 1. The largest absolute Gasteiger partial charge is 0.360 e. The predicted octanol–water partition coefficient (Wildman–Crippen LogP) is 4.29. The maximum absolute atomic E-state index is 13.2. The van der Waals surface area contributed by atoms with Gasteiger partial charge in [-0.25, -0.2) is 4.39 Å². The lowest BCUT2D eigenvalue weighted by atomic mass is 9.94. The first kappa shape index (κ1) is 17.5. The van der Waals surface area contributed by atoms with Gasteiger partial charge in [0.2, 0.25) is 0 Å². The molecule has 1 aliphatic rings. The van der Waals surface area contributed by atoms with Crippen LogP contribution in [0.25, 0.3) is 10.9 Å². The molecule has 2 aromatic carbocycles. The van der Waals surface area contributed by atoms with Gasteiger partial charge in [-0.05, 0) is 36.6 Å². The number of nitrogens with zero attached hydrogens (tertiary/aromatic N) is 1. The molecule has 0 spiro atoms. The number of H-pyrrole nitrogens is 1. The fourth-order valence-electron chi connectivity index (χ4n) is 3.85. The molecule has 1 aromatic heterocycles. The highest BCUT2D eigenvalue weighted by Gasteiger charge is 2.29. The fraction of sp³-hybridized carbons (Fsp3) is 0.273. The number of hydrogen-bond donors (Lipinski definition) is 1. The maximum atomic E-state index is 13.2. The van der Waals surface area contributed by atoms with Gasteiger partial charge in [0.1, 0.15) is 5.82 Å². The van der Waals surface area contributed by atoms with Crippen molar-refractivity contribution in [2.45, 2.75) is 25.2 Å². The summed E-state index contributed by atoms with van der Waals surface area (Å²) < 4.78 is 13.2. The molecular weight excluding hydrogens is 343 g/mol. The molecule has 0 aliphatic carbocycles. The van der Waals surface area contributed by atoms with E-state index in [0.29, 0.717) is 18.7 Å². The Bertz CT molecular complexity index is 977. The summed E-state index contributed by atoms with van der Waals surface area (Å²) in [5.41, 5.74) is 2.27. The average molecular weight is 364 g/mol. The van der Waals surface area contributed by atoms with Crippen molar-refractivity contribution in [3.05, 3.63) is 71.7 Å². The highest BCUT2D eigenvalue weighted by molar-refractivity contribution is 6.44. The van der Waals surface area contributed by atoms with E-state index in [0.717, 1.165) is 35.7 Å². The molecule has 1 amide bonds. The molecule has 4 rings (SSSR count). The molecular formula is C22H21FN2O2. The first-order valence-corrected chi connectivity index (χ1v) is 9.28. The van der Waals surface area contributed by atoms with E-state index in [1.807, 2.05) is 24.3 Å². The van der Waals surface area contributed by atoms with Gasteiger partial charge >= 0.3 is 0 Å². The highest BCUT2D eigenvalue weighted by Crippen LogP contribution is 2.27. The number of carbonyl (C=O) groups is 2. The smallest absolute Gasteiger partial charge is 0.295 e. The SMILES string of the molecule is O=C(C(=O)N1CCCC[C@@H](c2ccc(F)cc2)C1)c1c[nH]c2ccccc12. The molecule has 0 unspecified atom stereocenters. The van der Waals surface area contributed by atoms with E-state index in [-0.39, 0.29) is 11.7 Å². The van der Waals surface area contributed by atoms with Crippen LogP contribution in [-0.4, -0.2) is 34.7 Å². The lowest BCUT2D eigenvalue weighted by Gasteiger charge is -2.24. The van der Waals surface area contributed by atoms with Crippen LogP contribution in [0, 0.1) is 5.82 Å². The summed E-state index contributed by atoms with van der Waals surface area (Å²) in [6.07, 6.45) is 4.38. The summed E-state index contributed by atoms with van der Waals surface area (Å²) in [4.78, 5) is 30.5. The van der Waals surface area contributed by atoms with E-state index in [2.05, 4.69) is 4.98 Å². The Balaban J connectivity index is 1.56. The molecule has 0 bridgehead atoms. The average Bonchev–Trinajstić information content (AvgIpc) is 2.97. The van der Waals surface area contributed by atoms with E-state index in [4.69, 9.17) is 0 Å². The van der Waals surface area contributed by atoms with Crippen molar-refractivity contribution in [1.82, 2.24) is 9.88 Å².